The molecule has 1 amide bonds. The number of rotatable bonds is 6. The molecule has 19 heavy (non-hydrogen) atoms. The van der Waals surface area contributed by atoms with Crippen molar-refractivity contribution in [1.29, 1.82) is 0 Å². The molecule has 0 radical (unpaired) electrons. The van der Waals surface area contributed by atoms with E-state index in [1.54, 1.807) is 20.2 Å². The van der Waals surface area contributed by atoms with Gasteiger partial charge in [0.2, 0.25) is 15.9 Å². The molecule has 1 aromatic rings. The Hall–Kier alpha value is -1.51. The molecule has 1 aromatic heterocycles. The fourth-order valence-corrected chi connectivity index (χ4v) is 2.27. The molecular weight excluding hydrogens is 268 g/mol. The second kappa shape index (κ2) is 6.60. The van der Waals surface area contributed by atoms with Gasteiger partial charge in [-0.05, 0) is 12.1 Å². The summed E-state index contributed by atoms with van der Waals surface area (Å²) in [5.74, 6) is -0.140. The Balaban J connectivity index is 2.63. The first-order chi connectivity index (χ1) is 8.86. The van der Waals surface area contributed by atoms with Crippen LogP contribution >= 0.6 is 0 Å². The maximum Gasteiger partial charge on any atom is 0.242 e. The summed E-state index contributed by atoms with van der Waals surface area (Å²) >= 11 is 0. The van der Waals surface area contributed by atoms with Crippen molar-refractivity contribution in [2.45, 2.75) is 17.9 Å². The van der Waals surface area contributed by atoms with Crippen LogP contribution in [-0.4, -0.2) is 44.8 Å². The smallest absolute Gasteiger partial charge is 0.242 e. The second-order valence-corrected chi connectivity index (χ2v) is 5.89. The predicted octanol–water partition coefficient (Wildman–Crippen LogP) is -0.703. The summed E-state index contributed by atoms with van der Waals surface area (Å²) < 4.78 is 26.1. The van der Waals surface area contributed by atoms with Crippen molar-refractivity contribution in [3.63, 3.8) is 0 Å². The molecule has 1 heterocycles. The highest BCUT2D eigenvalue weighted by molar-refractivity contribution is 7.89. The monoisotopic (exact) mass is 286 g/mol. The van der Waals surface area contributed by atoms with Gasteiger partial charge in [0, 0.05) is 39.8 Å². The summed E-state index contributed by atoms with van der Waals surface area (Å²) in [5.41, 5.74) is 5.99. The van der Waals surface area contributed by atoms with E-state index < -0.39 is 10.0 Å². The first-order valence-corrected chi connectivity index (χ1v) is 7.20. The number of amides is 1. The number of pyridine rings is 1. The van der Waals surface area contributed by atoms with Gasteiger partial charge >= 0.3 is 0 Å². The summed E-state index contributed by atoms with van der Waals surface area (Å²) in [6.45, 7) is 0.309. The van der Waals surface area contributed by atoms with Crippen molar-refractivity contribution in [3.8, 4) is 0 Å². The van der Waals surface area contributed by atoms with E-state index in [1.807, 2.05) is 0 Å². The van der Waals surface area contributed by atoms with E-state index >= 15 is 0 Å². The number of nitrogens with one attached hydrogen (secondary N) is 1. The molecule has 0 aliphatic heterocycles. The van der Waals surface area contributed by atoms with E-state index in [1.165, 1.54) is 17.2 Å². The number of sulfonamides is 1. The highest BCUT2D eigenvalue weighted by atomic mass is 32.2. The molecule has 106 valence electrons. The quantitative estimate of drug-likeness (QED) is 0.719. The van der Waals surface area contributed by atoms with Crippen LogP contribution in [0, 0.1) is 0 Å². The third kappa shape index (κ3) is 4.58. The average molecular weight is 286 g/mol. The maximum atomic E-state index is 11.9. The lowest BCUT2D eigenvalue weighted by Crippen LogP contribution is -2.30. The summed E-state index contributed by atoms with van der Waals surface area (Å²) in [5, 5.41) is 0. The molecule has 3 N–H and O–H groups in total. The first kappa shape index (κ1) is 15.5. The van der Waals surface area contributed by atoms with Gasteiger partial charge in [-0.15, -0.1) is 0 Å². The van der Waals surface area contributed by atoms with Crippen LogP contribution in [0.15, 0.2) is 23.2 Å². The Kier molecular flexibility index (Phi) is 5.40. The number of aromatic nitrogens is 1. The summed E-state index contributed by atoms with van der Waals surface area (Å²) in [4.78, 5) is 16.7. The second-order valence-electron chi connectivity index (χ2n) is 4.13. The number of hydrogen-bond acceptors (Lipinski definition) is 5. The molecule has 8 heteroatoms. The van der Waals surface area contributed by atoms with Gasteiger partial charge in [0.25, 0.3) is 0 Å². The Morgan fingerprint density at radius 2 is 2.11 bits per heavy atom. The minimum absolute atomic E-state index is 0.0536. The molecule has 0 spiro atoms. The van der Waals surface area contributed by atoms with Gasteiger partial charge in [-0.1, -0.05) is 0 Å². The van der Waals surface area contributed by atoms with Gasteiger partial charge in [0.1, 0.15) is 4.90 Å². The SMILES string of the molecule is CN(C)C(=O)CCNS(=O)(=O)c1ccc(CN)nc1. The van der Waals surface area contributed by atoms with Gasteiger partial charge in [-0.25, -0.2) is 13.1 Å². The molecule has 0 saturated heterocycles. The van der Waals surface area contributed by atoms with Crippen molar-refractivity contribution < 1.29 is 13.2 Å². The van der Waals surface area contributed by atoms with E-state index in [2.05, 4.69) is 9.71 Å². The van der Waals surface area contributed by atoms with Crippen LogP contribution < -0.4 is 10.5 Å². The Labute approximate surface area is 112 Å². The van der Waals surface area contributed by atoms with Crippen molar-refractivity contribution in [2.24, 2.45) is 5.73 Å². The Morgan fingerprint density at radius 1 is 1.42 bits per heavy atom. The molecule has 0 unspecified atom stereocenters. The summed E-state index contributed by atoms with van der Waals surface area (Å²) in [6, 6.07) is 2.99. The lowest BCUT2D eigenvalue weighted by Gasteiger charge is -2.10. The zero-order chi connectivity index (χ0) is 14.5. The molecular formula is C11H18N4O3S. The number of nitrogens with two attached hydrogens (primary N) is 1. The topological polar surface area (TPSA) is 105 Å². The Morgan fingerprint density at radius 3 is 2.58 bits per heavy atom. The van der Waals surface area contributed by atoms with Gasteiger partial charge in [-0.2, -0.15) is 0 Å². The van der Waals surface area contributed by atoms with E-state index in [9.17, 15) is 13.2 Å². The maximum absolute atomic E-state index is 11.9. The largest absolute Gasteiger partial charge is 0.349 e. The van der Waals surface area contributed by atoms with E-state index in [0.29, 0.717) is 5.69 Å². The predicted molar refractivity (Wildman–Crippen MR) is 70.6 cm³/mol. The highest BCUT2D eigenvalue weighted by Gasteiger charge is 2.14. The minimum atomic E-state index is -3.63. The van der Waals surface area contributed by atoms with Crippen LogP contribution in [0.4, 0.5) is 0 Å². The third-order valence-corrected chi connectivity index (χ3v) is 3.89. The molecule has 0 saturated carbocycles. The normalized spacial score (nSPS) is 11.3. The highest BCUT2D eigenvalue weighted by Crippen LogP contribution is 2.07. The average Bonchev–Trinajstić information content (AvgIpc) is 2.38. The van der Waals surface area contributed by atoms with Gasteiger partial charge < -0.3 is 10.6 Å². The van der Waals surface area contributed by atoms with Crippen LogP contribution in [0.3, 0.4) is 0 Å². The van der Waals surface area contributed by atoms with E-state index in [4.69, 9.17) is 5.73 Å². The van der Waals surface area contributed by atoms with E-state index in [-0.39, 0.29) is 30.3 Å². The Bertz CT molecular complexity index is 525. The van der Waals surface area contributed by atoms with Crippen molar-refractivity contribution in [2.75, 3.05) is 20.6 Å². The van der Waals surface area contributed by atoms with Crippen molar-refractivity contribution in [1.82, 2.24) is 14.6 Å². The number of carbonyl (C=O) groups excluding carboxylic acids is 1. The fraction of sp³-hybridized carbons (Fsp3) is 0.455. The summed E-state index contributed by atoms with van der Waals surface area (Å²) in [7, 11) is -0.396. The first-order valence-electron chi connectivity index (χ1n) is 5.71. The zero-order valence-corrected chi connectivity index (χ0v) is 11.8. The third-order valence-electron chi connectivity index (χ3n) is 2.45. The van der Waals surface area contributed by atoms with Crippen LogP contribution in [0.5, 0.6) is 0 Å². The minimum Gasteiger partial charge on any atom is -0.349 e. The standard InChI is InChI=1S/C11H18N4O3S/c1-15(2)11(16)5-6-14-19(17,18)10-4-3-9(7-12)13-8-10/h3-4,8,14H,5-7,12H2,1-2H3. The van der Waals surface area contributed by atoms with Crippen LogP contribution in [0.25, 0.3) is 0 Å². The molecule has 1 rings (SSSR count). The zero-order valence-electron chi connectivity index (χ0n) is 11.0. The summed E-state index contributed by atoms with van der Waals surface area (Å²) in [6.07, 6.45) is 1.36. The number of nitrogens with zero attached hydrogens (tertiary/aromatic N) is 2. The van der Waals surface area contributed by atoms with E-state index in [0.717, 1.165) is 0 Å². The lowest BCUT2D eigenvalue weighted by molar-refractivity contribution is -0.128. The van der Waals surface area contributed by atoms with Crippen LogP contribution in [-0.2, 0) is 21.4 Å². The molecule has 7 nitrogen and oxygen atoms in total. The molecule has 0 aromatic carbocycles. The number of hydrogen-bond donors (Lipinski definition) is 2. The fourth-order valence-electron chi connectivity index (χ4n) is 1.29. The molecule has 0 bridgehead atoms. The van der Waals surface area contributed by atoms with Gasteiger partial charge in [0.05, 0.1) is 5.69 Å². The molecule has 0 atom stereocenters. The molecule has 0 aliphatic rings. The molecule has 0 fully saturated rings. The van der Waals surface area contributed by atoms with Gasteiger partial charge in [-0.3, -0.25) is 9.78 Å². The van der Waals surface area contributed by atoms with Crippen LogP contribution in [0.1, 0.15) is 12.1 Å². The van der Waals surface area contributed by atoms with Crippen molar-refractivity contribution in [3.05, 3.63) is 24.0 Å². The van der Waals surface area contributed by atoms with Crippen molar-refractivity contribution >= 4 is 15.9 Å². The van der Waals surface area contributed by atoms with Gasteiger partial charge in [0.15, 0.2) is 0 Å². The number of carbonyl (C=O) groups is 1. The van der Waals surface area contributed by atoms with Crippen LogP contribution in [0.2, 0.25) is 0 Å². The lowest BCUT2D eigenvalue weighted by atomic mass is 10.4. The molecule has 0 aliphatic carbocycles.